The first-order chi connectivity index (χ1) is 6.72. The van der Waals surface area contributed by atoms with Gasteiger partial charge >= 0.3 is 0 Å². The number of rotatable bonds is 7. The molecular weight excluding hydrogens is 178 g/mol. The van der Waals surface area contributed by atoms with Gasteiger partial charge in [-0.15, -0.1) is 0 Å². The van der Waals surface area contributed by atoms with Crippen LogP contribution < -0.4 is 11.1 Å². The van der Waals surface area contributed by atoms with Crippen LogP contribution in [0.2, 0.25) is 0 Å². The summed E-state index contributed by atoms with van der Waals surface area (Å²) in [6.45, 7) is 2.53. The molecule has 1 aliphatic rings. The predicted octanol–water partition coefficient (Wildman–Crippen LogP) is -0.0643. The highest BCUT2D eigenvalue weighted by molar-refractivity contribution is 5.76. The van der Waals surface area contributed by atoms with E-state index >= 15 is 0 Å². The SMILES string of the molecule is CN(CCCN)CCC(=O)NC1CC1. The summed E-state index contributed by atoms with van der Waals surface area (Å²) >= 11 is 0. The molecule has 3 N–H and O–H groups in total. The Morgan fingerprint density at radius 3 is 2.79 bits per heavy atom. The minimum atomic E-state index is 0.187. The number of carbonyl (C=O) groups is 1. The normalized spacial score (nSPS) is 15.9. The van der Waals surface area contributed by atoms with Crippen molar-refractivity contribution in [2.45, 2.75) is 31.7 Å². The van der Waals surface area contributed by atoms with Crippen molar-refractivity contribution in [3.8, 4) is 0 Å². The predicted molar refractivity (Wildman–Crippen MR) is 57.0 cm³/mol. The van der Waals surface area contributed by atoms with Gasteiger partial charge < -0.3 is 16.0 Å². The second-order valence-electron chi connectivity index (χ2n) is 4.04. The smallest absolute Gasteiger partial charge is 0.221 e. The molecule has 0 aromatic rings. The lowest BCUT2D eigenvalue weighted by Crippen LogP contribution is -2.30. The molecule has 1 fully saturated rings. The molecule has 0 aromatic carbocycles. The molecule has 0 aromatic heterocycles. The van der Waals surface area contributed by atoms with E-state index in [0.29, 0.717) is 12.5 Å². The molecule has 0 heterocycles. The van der Waals surface area contributed by atoms with Crippen molar-refractivity contribution in [3.05, 3.63) is 0 Å². The maximum Gasteiger partial charge on any atom is 0.221 e. The summed E-state index contributed by atoms with van der Waals surface area (Å²) in [6.07, 6.45) is 3.93. The zero-order valence-electron chi connectivity index (χ0n) is 8.96. The highest BCUT2D eigenvalue weighted by atomic mass is 16.1. The summed E-state index contributed by atoms with van der Waals surface area (Å²) in [5.41, 5.74) is 5.40. The van der Waals surface area contributed by atoms with Crippen LogP contribution in [0.1, 0.15) is 25.7 Å². The average Bonchev–Trinajstić information content (AvgIpc) is 2.95. The van der Waals surface area contributed by atoms with Gasteiger partial charge in [0, 0.05) is 19.0 Å². The van der Waals surface area contributed by atoms with Gasteiger partial charge in [-0.3, -0.25) is 4.79 Å². The molecule has 14 heavy (non-hydrogen) atoms. The lowest BCUT2D eigenvalue weighted by Gasteiger charge is -2.15. The Morgan fingerprint density at radius 2 is 2.21 bits per heavy atom. The number of hydrogen-bond acceptors (Lipinski definition) is 3. The largest absolute Gasteiger partial charge is 0.353 e. The van der Waals surface area contributed by atoms with Crippen LogP contribution in [0.4, 0.5) is 0 Å². The van der Waals surface area contributed by atoms with Crippen LogP contribution in [-0.4, -0.2) is 43.5 Å². The van der Waals surface area contributed by atoms with Gasteiger partial charge in [0.05, 0.1) is 0 Å². The molecule has 1 aliphatic carbocycles. The molecule has 1 saturated carbocycles. The third-order valence-corrected chi connectivity index (χ3v) is 2.41. The topological polar surface area (TPSA) is 58.4 Å². The highest BCUT2D eigenvalue weighted by Gasteiger charge is 2.22. The lowest BCUT2D eigenvalue weighted by atomic mass is 10.3. The van der Waals surface area contributed by atoms with Gasteiger partial charge in [0.1, 0.15) is 0 Å². The number of carbonyl (C=O) groups excluding carboxylic acids is 1. The molecule has 1 amide bonds. The Kier molecular flexibility index (Phi) is 4.90. The maximum atomic E-state index is 11.3. The average molecular weight is 199 g/mol. The van der Waals surface area contributed by atoms with Gasteiger partial charge in [-0.1, -0.05) is 0 Å². The third kappa shape index (κ3) is 5.19. The van der Waals surface area contributed by atoms with E-state index in [2.05, 4.69) is 10.2 Å². The van der Waals surface area contributed by atoms with Crippen molar-refractivity contribution >= 4 is 5.91 Å². The van der Waals surface area contributed by atoms with Gasteiger partial charge in [0.15, 0.2) is 0 Å². The fraction of sp³-hybridized carbons (Fsp3) is 0.900. The van der Waals surface area contributed by atoms with Gasteiger partial charge in [0.2, 0.25) is 5.91 Å². The van der Waals surface area contributed by atoms with Crippen LogP contribution in [0.15, 0.2) is 0 Å². The van der Waals surface area contributed by atoms with E-state index in [0.717, 1.165) is 38.9 Å². The quantitative estimate of drug-likeness (QED) is 0.604. The molecule has 0 atom stereocenters. The maximum absolute atomic E-state index is 11.3. The van der Waals surface area contributed by atoms with Gasteiger partial charge in [-0.05, 0) is 39.4 Å². The Balaban J connectivity index is 1.97. The molecule has 0 saturated heterocycles. The third-order valence-electron chi connectivity index (χ3n) is 2.41. The molecule has 4 nitrogen and oxygen atoms in total. The minimum absolute atomic E-state index is 0.187. The Hall–Kier alpha value is -0.610. The molecule has 0 bridgehead atoms. The van der Waals surface area contributed by atoms with E-state index < -0.39 is 0 Å². The zero-order valence-corrected chi connectivity index (χ0v) is 8.96. The van der Waals surface area contributed by atoms with Gasteiger partial charge in [-0.25, -0.2) is 0 Å². The Bertz CT molecular complexity index is 180. The summed E-state index contributed by atoms with van der Waals surface area (Å²) in [5, 5.41) is 2.98. The summed E-state index contributed by atoms with van der Waals surface area (Å²) < 4.78 is 0. The second-order valence-corrected chi connectivity index (χ2v) is 4.04. The van der Waals surface area contributed by atoms with Crippen LogP contribution >= 0.6 is 0 Å². The van der Waals surface area contributed by atoms with Crippen molar-refractivity contribution in [1.82, 2.24) is 10.2 Å². The first kappa shape index (κ1) is 11.5. The monoisotopic (exact) mass is 199 g/mol. The van der Waals surface area contributed by atoms with Crippen molar-refractivity contribution in [2.24, 2.45) is 5.73 Å². The molecule has 4 heteroatoms. The van der Waals surface area contributed by atoms with Crippen LogP contribution in [0, 0.1) is 0 Å². The summed E-state index contributed by atoms with van der Waals surface area (Å²) in [7, 11) is 2.03. The fourth-order valence-corrected chi connectivity index (χ4v) is 1.29. The van der Waals surface area contributed by atoms with Crippen molar-refractivity contribution in [1.29, 1.82) is 0 Å². The van der Waals surface area contributed by atoms with E-state index in [1.54, 1.807) is 0 Å². The van der Waals surface area contributed by atoms with Crippen molar-refractivity contribution < 1.29 is 4.79 Å². The fourth-order valence-electron chi connectivity index (χ4n) is 1.29. The number of nitrogens with one attached hydrogen (secondary N) is 1. The van der Waals surface area contributed by atoms with Crippen LogP contribution in [0.3, 0.4) is 0 Å². The van der Waals surface area contributed by atoms with Crippen molar-refractivity contribution in [3.63, 3.8) is 0 Å². The molecule has 0 radical (unpaired) electrons. The van der Waals surface area contributed by atoms with Crippen LogP contribution in [0.5, 0.6) is 0 Å². The first-order valence-electron chi connectivity index (χ1n) is 5.40. The second kappa shape index (κ2) is 5.98. The number of amides is 1. The molecule has 82 valence electrons. The van der Waals surface area contributed by atoms with Gasteiger partial charge in [-0.2, -0.15) is 0 Å². The first-order valence-corrected chi connectivity index (χ1v) is 5.40. The number of hydrogen-bond donors (Lipinski definition) is 2. The van der Waals surface area contributed by atoms with Crippen LogP contribution in [-0.2, 0) is 4.79 Å². The highest BCUT2D eigenvalue weighted by Crippen LogP contribution is 2.18. The van der Waals surface area contributed by atoms with Crippen LogP contribution in [0.25, 0.3) is 0 Å². The molecule has 0 unspecified atom stereocenters. The van der Waals surface area contributed by atoms with Crippen molar-refractivity contribution in [2.75, 3.05) is 26.7 Å². The standard InChI is InChI=1S/C10H21N3O/c1-13(7-2-6-11)8-5-10(14)12-9-3-4-9/h9H,2-8,11H2,1H3,(H,12,14). The van der Waals surface area contributed by atoms with E-state index in [9.17, 15) is 4.79 Å². The number of nitrogens with two attached hydrogens (primary N) is 1. The molecular formula is C10H21N3O. The minimum Gasteiger partial charge on any atom is -0.353 e. The van der Waals surface area contributed by atoms with E-state index in [4.69, 9.17) is 5.73 Å². The molecule has 0 aliphatic heterocycles. The zero-order chi connectivity index (χ0) is 10.4. The Labute approximate surface area is 85.8 Å². The summed E-state index contributed by atoms with van der Waals surface area (Å²) in [6, 6.07) is 0.483. The summed E-state index contributed by atoms with van der Waals surface area (Å²) in [4.78, 5) is 13.5. The lowest BCUT2D eigenvalue weighted by molar-refractivity contribution is -0.121. The Morgan fingerprint density at radius 1 is 1.50 bits per heavy atom. The van der Waals surface area contributed by atoms with E-state index in [-0.39, 0.29) is 5.91 Å². The van der Waals surface area contributed by atoms with Gasteiger partial charge in [0.25, 0.3) is 0 Å². The number of nitrogens with zero attached hydrogens (tertiary/aromatic N) is 1. The molecule has 0 spiro atoms. The van der Waals surface area contributed by atoms with E-state index in [1.165, 1.54) is 0 Å². The summed E-state index contributed by atoms with van der Waals surface area (Å²) in [5.74, 6) is 0.187. The van der Waals surface area contributed by atoms with E-state index in [1.807, 2.05) is 7.05 Å². The molecule has 1 rings (SSSR count).